The molecule has 0 radical (unpaired) electrons. The predicted octanol–water partition coefficient (Wildman–Crippen LogP) is 5.07. The number of rotatable bonds is 1. The maximum absolute atomic E-state index is 11.4. The molecule has 3 aromatic rings. The number of fused-ring (bicyclic) bond motifs is 2. The summed E-state index contributed by atoms with van der Waals surface area (Å²) in [5, 5.41) is 0.914. The second-order valence-corrected chi connectivity index (χ2v) is 9.01. The van der Waals surface area contributed by atoms with Crippen LogP contribution in [0, 0.1) is 6.92 Å². The number of aryl methyl sites for hydroxylation is 1. The average molecular weight is 351 g/mol. The number of benzene rings is 1. The summed E-state index contributed by atoms with van der Waals surface area (Å²) < 4.78 is 5.26. The van der Waals surface area contributed by atoms with Crippen molar-refractivity contribution in [2.24, 2.45) is 4.99 Å². The summed E-state index contributed by atoms with van der Waals surface area (Å²) in [4.78, 5) is 19.1. The molecule has 0 spiro atoms. The first-order chi connectivity index (χ1) is 11.7. The molecule has 0 bridgehead atoms. The highest BCUT2D eigenvalue weighted by atomic mass is 32.1. The standard InChI is InChI=1S/C21H21NO2S/c1-12-10-15-19(25-12)18(22-21(4,5)20(15,2)3)14-6-8-16-13(11-14)7-9-17(23)24-16/h6-11H,1-5H3. The van der Waals surface area contributed by atoms with Crippen molar-refractivity contribution >= 4 is 28.0 Å². The summed E-state index contributed by atoms with van der Waals surface area (Å²) in [6, 6.07) is 11.5. The molecule has 25 heavy (non-hydrogen) atoms. The molecule has 1 aliphatic rings. The van der Waals surface area contributed by atoms with Crippen LogP contribution in [0.5, 0.6) is 0 Å². The van der Waals surface area contributed by atoms with Crippen molar-refractivity contribution < 1.29 is 4.42 Å². The molecular formula is C21H21NO2S. The number of thiophene rings is 1. The van der Waals surface area contributed by atoms with E-state index in [9.17, 15) is 4.79 Å². The predicted molar refractivity (Wildman–Crippen MR) is 104 cm³/mol. The zero-order chi connectivity index (χ0) is 18.0. The summed E-state index contributed by atoms with van der Waals surface area (Å²) in [7, 11) is 0. The Labute approximate surface area is 151 Å². The maximum Gasteiger partial charge on any atom is 0.336 e. The second kappa shape index (κ2) is 5.15. The van der Waals surface area contributed by atoms with Crippen molar-refractivity contribution in [3.05, 3.63) is 67.7 Å². The van der Waals surface area contributed by atoms with Crippen LogP contribution in [0.1, 0.15) is 48.6 Å². The summed E-state index contributed by atoms with van der Waals surface area (Å²) in [6.07, 6.45) is 0. The first-order valence-corrected chi connectivity index (χ1v) is 9.26. The average Bonchev–Trinajstić information content (AvgIpc) is 2.94. The van der Waals surface area contributed by atoms with Gasteiger partial charge in [-0.05, 0) is 56.7 Å². The van der Waals surface area contributed by atoms with E-state index in [2.05, 4.69) is 46.8 Å². The molecule has 1 aliphatic heterocycles. The van der Waals surface area contributed by atoms with E-state index in [0.29, 0.717) is 5.58 Å². The lowest BCUT2D eigenvalue weighted by Gasteiger charge is -2.43. The Balaban J connectivity index is 1.97. The smallest absolute Gasteiger partial charge is 0.336 e. The molecule has 0 saturated carbocycles. The lowest BCUT2D eigenvalue weighted by atomic mass is 9.67. The Morgan fingerprint density at radius 1 is 1.04 bits per heavy atom. The fourth-order valence-corrected chi connectivity index (χ4v) is 4.55. The van der Waals surface area contributed by atoms with Crippen molar-refractivity contribution in [1.82, 2.24) is 0 Å². The second-order valence-electron chi connectivity index (χ2n) is 7.75. The van der Waals surface area contributed by atoms with Crippen LogP contribution in [0.2, 0.25) is 0 Å². The first kappa shape index (κ1) is 16.3. The first-order valence-electron chi connectivity index (χ1n) is 8.44. The normalized spacial score (nSPS) is 18.0. The third-order valence-electron chi connectivity index (χ3n) is 5.56. The van der Waals surface area contributed by atoms with Crippen LogP contribution in [0.4, 0.5) is 0 Å². The van der Waals surface area contributed by atoms with Crippen LogP contribution < -0.4 is 5.63 Å². The molecule has 0 saturated heterocycles. The van der Waals surface area contributed by atoms with Gasteiger partial charge in [-0.3, -0.25) is 4.99 Å². The Morgan fingerprint density at radius 2 is 1.80 bits per heavy atom. The maximum atomic E-state index is 11.4. The highest BCUT2D eigenvalue weighted by molar-refractivity contribution is 7.14. The Morgan fingerprint density at radius 3 is 2.56 bits per heavy atom. The number of nitrogens with zero attached hydrogens (tertiary/aromatic N) is 1. The van der Waals surface area contributed by atoms with Crippen LogP contribution in [0.15, 0.2) is 50.6 Å². The largest absolute Gasteiger partial charge is 0.423 e. The van der Waals surface area contributed by atoms with Gasteiger partial charge >= 0.3 is 5.63 Å². The van der Waals surface area contributed by atoms with E-state index in [0.717, 1.165) is 16.7 Å². The molecule has 4 heteroatoms. The van der Waals surface area contributed by atoms with E-state index >= 15 is 0 Å². The van der Waals surface area contributed by atoms with Crippen molar-refractivity contribution in [2.45, 2.75) is 45.6 Å². The SMILES string of the molecule is Cc1cc2c(s1)C(c1ccc3oc(=O)ccc3c1)=NC(C)(C)C2(C)C. The van der Waals surface area contributed by atoms with Crippen LogP contribution in [0.25, 0.3) is 11.0 Å². The molecule has 0 unspecified atom stereocenters. The van der Waals surface area contributed by atoms with E-state index in [1.54, 1.807) is 11.3 Å². The molecule has 0 aliphatic carbocycles. The van der Waals surface area contributed by atoms with Gasteiger partial charge in [0.15, 0.2) is 0 Å². The molecule has 3 heterocycles. The highest BCUT2D eigenvalue weighted by Gasteiger charge is 2.44. The van der Waals surface area contributed by atoms with Gasteiger partial charge in [0.25, 0.3) is 0 Å². The lowest BCUT2D eigenvalue weighted by molar-refractivity contribution is 0.305. The fourth-order valence-electron chi connectivity index (χ4n) is 3.37. The van der Waals surface area contributed by atoms with E-state index in [-0.39, 0.29) is 16.6 Å². The van der Waals surface area contributed by atoms with Gasteiger partial charge in [-0.1, -0.05) is 13.8 Å². The summed E-state index contributed by atoms with van der Waals surface area (Å²) in [5.74, 6) is 0. The summed E-state index contributed by atoms with van der Waals surface area (Å²) >= 11 is 1.80. The fraction of sp³-hybridized carbons (Fsp3) is 0.333. The molecule has 128 valence electrons. The van der Waals surface area contributed by atoms with Gasteiger partial charge < -0.3 is 4.42 Å². The van der Waals surface area contributed by atoms with Gasteiger partial charge in [-0.15, -0.1) is 11.3 Å². The molecule has 3 nitrogen and oxygen atoms in total. The van der Waals surface area contributed by atoms with Gasteiger partial charge in [0.1, 0.15) is 5.58 Å². The zero-order valence-corrected chi connectivity index (χ0v) is 16.0. The van der Waals surface area contributed by atoms with E-state index in [1.807, 2.05) is 18.2 Å². The van der Waals surface area contributed by atoms with E-state index in [1.165, 1.54) is 21.4 Å². The minimum absolute atomic E-state index is 0.0275. The third kappa shape index (κ3) is 2.39. The van der Waals surface area contributed by atoms with E-state index < -0.39 is 0 Å². The topological polar surface area (TPSA) is 42.6 Å². The molecule has 2 aromatic heterocycles. The molecule has 0 amide bonds. The Kier molecular flexibility index (Phi) is 3.35. The van der Waals surface area contributed by atoms with Gasteiger partial charge in [-0.2, -0.15) is 0 Å². The number of aliphatic imine (C=N–C) groups is 1. The van der Waals surface area contributed by atoms with Crippen molar-refractivity contribution in [1.29, 1.82) is 0 Å². The van der Waals surface area contributed by atoms with Crippen molar-refractivity contribution in [3.63, 3.8) is 0 Å². The molecule has 1 aromatic carbocycles. The highest BCUT2D eigenvalue weighted by Crippen LogP contribution is 2.46. The van der Waals surface area contributed by atoms with Gasteiger partial charge in [0.05, 0.1) is 16.1 Å². The molecule has 0 N–H and O–H groups in total. The molecule has 0 atom stereocenters. The summed E-state index contributed by atoms with van der Waals surface area (Å²) in [6.45, 7) is 11.1. The Bertz CT molecular complexity index is 1080. The number of hydrogen-bond acceptors (Lipinski definition) is 4. The van der Waals surface area contributed by atoms with Gasteiger partial charge in [0, 0.05) is 27.3 Å². The van der Waals surface area contributed by atoms with Crippen LogP contribution in [-0.4, -0.2) is 11.3 Å². The Hall–Kier alpha value is -2.20. The van der Waals surface area contributed by atoms with E-state index in [4.69, 9.17) is 9.41 Å². The summed E-state index contributed by atoms with van der Waals surface area (Å²) in [5.41, 5.74) is 3.51. The lowest BCUT2D eigenvalue weighted by Crippen LogP contribution is -2.45. The molecular weight excluding hydrogens is 330 g/mol. The number of hydrogen-bond donors (Lipinski definition) is 0. The minimum atomic E-state index is -0.325. The van der Waals surface area contributed by atoms with Gasteiger partial charge in [0.2, 0.25) is 0 Å². The monoisotopic (exact) mass is 351 g/mol. The van der Waals surface area contributed by atoms with Gasteiger partial charge in [-0.25, -0.2) is 4.79 Å². The zero-order valence-electron chi connectivity index (χ0n) is 15.1. The third-order valence-corrected chi connectivity index (χ3v) is 6.61. The van der Waals surface area contributed by atoms with Crippen molar-refractivity contribution in [2.75, 3.05) is 0 Å². The minimum Gasteiger partial charge on any atom is -0.423 e. The quantitative estimate of drug-likeness (QED) is 0.574. The van der Waals surface area contributed by atoms with Crippen LogP contribution in [0.3, 0.4) is 0 Å². The molecule has 4 rings (SSSR count). The molecule has 0 fully saturated rings. The van der Waals surface area contributed by atoms with Crippen LogP contribution >= 0.6 is 11.3 Å². The van der Waals surface area contributed by atoms with Crippen LogP contribution in [-0.2, 0) is 5.41 Å². The van der Waals surface area contributed by atoms with Crippen molar-refractivity contribution in [3.8, 4) is 0 Å².